The lowest BCUT2D eigenvalue weighted by molar-refractivity contribution is -0.140. The first-order valence-electron chi connectivity index (χ1n) is 15.0. The van der Waals surface area contributed by atoms with E-state index in [1.54, 1.807) is 36.4 Å². The monoisotopic (exact) mass is 681 g/mol. The summed E-state index contributed by atoms with van der Waals surface area (Å²) in [6.07, 6.45) is 3.76. The predicted molar refractivity (Wildman–Crippen MR) is 179 cm³/mol. The van der Waals surface area contributed by atoms with Crippen molar-refractivity contribution >= 4 is 50.7 Å². The van der Waals surface area contributed by atoms with Gasteiger partial charge in [-0.2, -0.15) is 0 Å². The maximum Gasteiger partial charge on any atom is 0.264 e. The lowest BCUT2D eigenvalue weighted by Crippen LogP contribution is -2.54. The number of hydrogen-bond acceptors (Lipinski definition) is 4. The molecule has 1 atom stereocenters. The van der Waals surface area contributed by atoms with Gasteiger partial charge in [-0.25, -0.2) is 12.8 Å². The van der Waals surface area contributed by atoms with E-state index in [4.69, 9.17) is 23.2 Å². The van der Waals surface area contributed by atoms with Crippen LogP contribution in [0, 0.1) is 5.82 Å². The summed E-state index contributed by atoms with van der Waals surface area (Å²) in [5.74, 6) is -1.94. The van der Waals surface area contributed by atoms with Gasteiger partial charge in [-0.05, 0) is 54.8 Å². The number of carbonyl (C=O) groups excluding carboxylic acids is 2. The SMILES string of the molecule is O=C(NC1CCCC1)C(Cc1ccccc1)N(Cc1c(Cl)cccc1Cl)C(=O)CN(c1ccccc1F)S(=O)(=O)c1ccccc1. The van der Waals surface area contributed by atoms with Crippen LogP contribution < -0.4 is 9.62 Å². The fourth-order valence-corrected chi connectivity index (χ4v) is 7.62. The molecule has 1 aliphatic rings. The molecule has 0 aromatic heterocycles. The zero-order valence-electron chi connectivity index (χ0n) is 25.0. The molecule has 1 saturated carbocycles. The van der Waals surface area contributed by atoms with Gasteiger partial charge in [0, 0.05) is 34.6 Å². The van der Waals surface area contributed by atoms with Crippen molar-refractivity contribution in [3.05, 3.63) is 130 Å². The molecule has 1 N–H and O–H groups in total. The molecule has 1 fully saturated rings. The van der Waals surface area contributed by atoms with Crippen molar-refractivity contribution in [2.75, 3.05) is 10.8 Å². The summed E-state index contributed by atoms with van der Waals surface area (Å²) >= 11 is 13.1. The minimum absolute atomic E-state index is 0.0417. The molecule has 5 rings (SSSR count). The third-order valence-electron chi connectivity index (χ3n) is 8.09. The van der Waals surface area contributed by atoms with Gasteiger partial charge in [0.25, 0.3) is 10.0 Å². The Morgan fingerprint density at radius 3 is 2.04 bits per heavy atom. The van der Waals surface area contributed by atoms with E-state index in [9.17, 15) is 18.0 Å². The van der Waals surface area contributed by atoms with Gasteiger partial charge in [0.15, 0.2) is 0 Å². The van der Waals surface area contributed by atoms with Gasteiger partial charge in [0.05, 0.1) is 10.6 Å². The molecular weight excluding hydrogens is 648 g/mol. The first-order chi connectivity index (χ1) is 22.1. The van der Waals surface area contributed by atoms with Crippen LogP contribution in [0.1, 0.15) is 36.8 Å². The minimum atomic E-state index is -4.42. The van der Waals surface area contributed by atoms with Gasteiger partial charge >= 0.3 is 0 Å². The summed E-state index contributed by atoms with van der Waals surface area (Å²) in [5, 5.41) is 3.67. The van der Waals surface area contributed by atoms with Crippen LogP contribution >= 0.6 is 23.2 Å². The predicted octanol–water partition coefficient (Wildman–Crippen LogP) is 7.03. The molecule has 0 saturated heterocycles. The van der Waals surface area contributed by atoms with E-state index in [2.05, 4.69) is 5.32 Å². The lowest BCUT2D eigenvalue weighted by Gasteiger charge is -2.34. The van der Waals surface area contributed by atoms with Crippen molar-refractivity contribution in [3.8, 4) is 0 Å². The van der Waals surface area contributed by atoms with Crippen LogP contribution in [0.2, 0.25) is 10.0 Å². The van der Waals surface area contributed by atoms with Crippen molar-refractivity contribution in [2.24, 2.45) is 0 Å². The standard InChI is InChI=1S/C35H34Cl2FN3O4S/c36-29-18-11-19-30(37)28(29)23-40(33(22-25-12-3-1-4-13-25)35(43)39-26-14-7-8-15-26)34(42)24-41(32-21-10-9-20-31(32)38)46(44,45)27-16-5-2-6-17-27/h1-6,9-13,16-21,26,33H,7-8,14-15,22-24H2,(H,39,43). The Balaban J connectivity index is 1.60. The molecule has 4 aromatic carbocycles. The van der Waals surface area contributed by atoms with E-state index in [0.29, 0.717) is 5.56 Å². The number of hydrogen-bond donors (Lipinski definition) is 1. The molecule has 0 bridgehead atoms. The number of benzene rings is 4. The summed E-state index contributed by atoms with van der Waals surface area (Å²) < 4.78 is 44.0. The van der Waals surface area contributed by atoms with Crippen LogP contribution in [-0.2, 0) is 32.6 Å². The van der Waals surface area contributed by atoms with Crippen molar-refractivity contribution < 1.29 is 22.4 Å². The van der Waals surface area contributed by atoms with E-state index in [1.165, 1.54) is 35.2 Å². The van der Waals surface area contributed by atoms with Crippen LogP contribution in [0.15, 0.2) is 108 Å². The first kappa shape index (κ1) is 33.4. The maximum absolute atomic E-state index is 15.3. The molecule has 0 radical (unpaired) electrons. The van der Waals surface area contributed by atoms with Crippen LogP contribution in [0.5, 0.6) is 0 Å². The molecule has 4 aromatic rings. The maximum atomic E-state index is 15.3. The highest BCUT2D eigenvalue weighted by Crippen LogP contribution is 2.30. The third-order valence-corrected chi connectivity index (χ3v) is 10.6. The molecule has 7 nitrogen and oxygen atoms in total. The van der Waals surface area contributed by atoms with Crippen LogP contribution in [0.4, 0.5) is 10.1 Å². The van der Waals surface area contributed by atoms with Crippen molar-refractivity contribution in [1.82, 2.24) is 10.2 Å². The van der Waals surface area contributed by atoms with Gasteiger partial charge in [0.1, 0.15) is 18.4 Å². The number of nitrogens with zero attached hydrogens (tertiary/aromatic N) is 2. The summed E-state index contributed by atoms with van der Waals surface area (Å²) in [4.78, 5) is 29.8. The molecule has 240 valence electrons. The van der Waals surface area contributed by atoms with Gasteiger partial charge in [-0.15, -0.1) is 0 Å². The largest absolute Gasteiger partial charge is 0.352 e. The summed E-state index contributed by atoms with van der Waals surface area (Å²) in [7, 11) is -4.42. The second-order valence-electron chi connectivity index (χ2n) is 11.2. The van der Waals surface area contributed by atoms with E-state index < -0.39 is 34.3 Å². The number of carbonyl (C=O) groups is 2. The summed E-state index contributed by atoms with van der Waals surface area (Å²) in [6, 6.07) is 25.9. The van der Waals surface area contributed by atoms with E-state index in [-0.39, 0.29) is 45.5 Å². The first-order valence-corrected chi connectivity index (χ1v) is 17.2. The average molecular weight is 683 g/mol. The molecule has 11 heteroatoms. The average Bonchev–Trinajstić information content (AvgIpc) is 3.57. The Labute approximate surface area is 279 Å². The molecule has 1 unspecified atom stereocenters. The quantitative estimate of drug-likeness (QED) is 0.174. The molecule has 0 aliphatic heterocycles. The zero-order valence-corrected chi connectivity index (χ0v) is 27.3. The van der Waals surface area contributed by atoms with Crippen LogP contribution in [0.3, 0.4) is 0 Å². The number of halogens is 3. The number of anilines is 1. The number of amides is 2. The van der Waals surface area contributed by atoms with Gasteiger partial charge in [0.2, 0.25) is 11.8 Å². The van der Waals surface area contributed by atoms with E-state index >= 15 is 4.39 Å². The topological polar surface area (TPSA) is 86.8 Å². The number of rotatable bonds is 12. The fraction of sp³-hybridized carbons (Fsp3) is 0.257. The highest BCUT2D eigenvalue weighted by atomic mass is 35.5. The molecule has 0 spiro atoms. The molecule has 2 amide bonds. The smallest absolute Gasteiger partial charge is 0.264 e. The Bertz CT molecular complexity index is 1750. The Hall–Kier alpha value is -3.92. The summed E-state index contributed by atoms with van der Waals surface area (Å²) in [6.45, 7) is -0.981. The lowest BCUT2D eigenvalue weighted by atomic mass is 10.0. The third kappa shape index (κ3) is 7.89. The Morgan fingerprint density at radius 2 is 1.41 bits per heavy atom. The van der Waals surface area contributed by atoms with Gasteiger partial charge in [-0.3, -0.25) is 13.9 Å². The highest BCUT2D eigenvalue weighted by molar-refractivity contribution is 7.92. The van der Waals surface area contributed by atoms with E-state index in [1.807, 2.05) is 30.3 Å². The van der Waals surface area contributed by atoms with Crippen molar-refractivity contribution in [3.63, 3.8) is 0 Å². The molecular formula is C35H34Cl2FN3O4S. The van der Waals surface area contributed by atoms with E-state index in [0.717, 1.165) is 41.6 Å². The van der Waals surface area contributed by atoms with Crippen molar-refractivity contribution in [2.45, 2.75) is 55.6 Å². The Morgan fingerprint density at radius 1 is 0.826 bits per heavy atom. The van der Waals surface area contributed by atoms with Crippen molar-refractivity contribution in [1.29, 1.82) is 0 Å². The van der Waals surface area contributed by atoms with Gasteiger partial charge in [-0.1, -0.05) is 103 Å². The molecule has 1 aliphatic carbocycles. The number of nitrogens with one attached hydrogen (secondary N) is 1. The highest BCUT2D eigenvalue weighted by Gasteiger charge is 2.36. The Kier molecular flexibility index (Phi) is 11.0. The molecule has 46 heavy (non-hydrogen) atoms. The second-order valence-corrected chi connectivity index (χ2v) is 13.9. The number of para-hydroxylation sites is 1. The molecule has 0 heterocycles. The normalized spacial score (nSPS) is 14.1. The number of sulfonamides is 1. The minimum Gasteiger partial charge on any atom is -0.352 e. The summed E-state index contributed by atoms with van der Waals surface area (Å²) in [5.41, 5.74) is 0.889. The van der Waals surface area contributed by atoms with Crippen LogP contribution in [0.25, 0.3) is 0 Å². The zero-order chi connectivity index (χ0) is 32.7. The van der Waals surface area contributed by atoms with Crippen LogP contribution in [-0.4, -0.2) is 43.8 Å². The second kappa shape index (κ2) is 15.1. The fourth-order valence-electron chi connectivity index (χ4n) is 5.66. The van der Waals surface area contributed by atoms with Gasteiger partial charge < -0.3 is 10.2 Å².